The summed E-state index contributed by atoms with van der Waals surface area (Å²) in [7, 11) is 2.12. The van der Waals surface area contributed by atoms with Gasteiger partial charge in [0.25, 0.3) is 0 Å². The Labute approximate surface area is 64.4 Å². The van der Waals surface area contributed by atoms with E-state index < -0.39 is 0 Å². The minimum absolute atomic E-state index is 1.18. The van der Waals surface area contributed by atoms with E-state index in [1.165, 1.54) is 38.9 Å². The summed E-state index contributed by atoms with van der Waals surface area (Å²) in [5.74, 6) is 0. The topological polar surface area (TPSA) is 28.6 Å². The highest BCUT2D eigenvalue weighted by atomic mass is 14.9. The zero-order valence-corrected chi connectivity index (χ0v) is 7.32. The Morgan fingerprint density at radius 3 is 2.50 bits per heavy atom. The zero-order valence-electron chi connectivity index (χ0n) is 7.32. The summed E-state index contributed by atoms with van der Waals surface area (Å²) in [6.45, 7) is 5.85. The summed E-state index contributed by atoms with van der Waals surface area (Å²) in [5.41, 5.74) is 0. The van der Waals surface area contributed by atoms with Crippen molar-refractivity contribution in [3.8, 4) is 0 Å². The Kier molecular flexibility index (Phi) is 8.85. The molecule has 62 valence electrons. The number of rotatable bonds is 7. The molecule has 0 radical (unpaired) electrons. The van der Waals surface area contributed by atoms with Crippen LogP contribution in [0.4, 0.5) is 0 Å². The smallest absolute Gasteiger partial charge is 0.0765 e. The molecule has 0 atom stereocenters. The molecule has 10 heavy (non-hydrogen) atoms. The molecule has 0 amide bonds. The van der Waals surface area contributed by atoms with Crippen LogP contribution in [0.5, 0.6) is 0 Å². The van der Waals surface area contributed by atoms with Crippen LogP contribution in [0.2, 0.25) is 0 Å². The van der Waals surface area contributed by atoms with Crippen molar-refractivity contribution in [1.29, 1.82) is 0 Å². The molecule has 0 unspecified atom stereocenters. The summed E-state index contributed by atoms with van der Waals surface area (Å²) >= 11 is 0. The van der Waals surface area contributed by atoms with Crippen LogP contribution < -0.4 is 10.6 Å². The van der Waals surface area contributed by atoms with Gasteiger partial charge >= 0.3 is 0 Å². The summed E-state index contributed by atoms with van der Waals surface area (Å²) in [6, 6.07) is 0. The molecule has 2 heteroatoms. The third-order valence-electron chi connectivity index (χ3n) is 1.55. The van der Waals surface area contributed by atoms with Gasteiger partial charge in [-0.2, -0.15) is 0 Å². The second kappa shape index (κ2) is 8.92. The van der Waals surface area contributed by atoms with Crippen molar-refractivity contribution in [2.24, 2.45) is 0 Å². The Bertz CT molecular complexity index is 47.2. The highest BCUT2D eigenvalue weighted by molar-refractivity contribution is 4.45. The van der Waals surface area contributed by atoms with Gasteiger partial charge in [-0.3, -0.25) is 0 Å². The lowest BCUT2D eigenvalue weighted by Crippen LogP contribution is -2.79. The molecular formula is C8H21N2+. The molecule has 0 aliphatic heterocycles. The van der Waals surface area contributed by atoms with Crippen LogP contribution in [0.3, 0.4) is 0 Å². The van der Waals surface area contributed by atoms with E-state index in [2.05, 4.69) is 24.6 Å². The monoisotopic (exact) mass is 145 g/mol. The molecule has 0 saturated carbocycles. The second-order valence-corrected chi connectivity index (χ2v) is 2.65. The summed E-state index contributed by atoms with van der Waals surface area (Å²) in [4.78, 5) is 0. The summed E-state index contributed by atoms with van der Waals surface area (Å²) < 4.78 is 0. The quantitative estimate of drug-likeness (QED) is 0.484. The van der Waals surface area contributed by atoms with E-state index in [1.54, 1.807) is 0 Å². The molecule has 2 nitrogen and oxygen atoms in total. The molecular weight excluding hydrogens is 124 g/mol. The van der Waals surface area contributed by atoms with E-state index in [4.69, 9.17) is 0 Å². The predicted molar refractivity (Wildman–Crippen MR) is 45.1 cm³/mol. The predicted octanol–water partition coefficient (Wildman–Crippen LogP) is -0.0406. The molecule has 0 aromatic heterocycles. The van der Waals surface area contributed by atoms with Crippen molar-refractivity contribution in [3.05, 3.63) is 0 Å². The van der Waals surface area contributed by atoms with Crippen LogP contribution >= 0.6 is 0 Å². The van der Waals surface area contributed by atoms with Crippen molar-refractivity contribution < 1.29 is 5.32 Å². The second-order valence-electron chi connectivity index (χ2n) is 2.65. The average molecular weight is 145 g/mol. The lowest BCUT2D eigenvalue weighted by atomic mass is 10.3. The number of unbranched alkanes of at least 4 members (excludes halogenated alkanes) is 1. The fourth-order valence-electron chi connectivity index (χ4n) is 0.858. The minimum Gasteiger partial charge on any atom is -0.349 e. The van der Waals surface area contributed by atoms with E-state index in [0.29, 0.717) is 0 Å². The van der Waals surface area contributed by atoms with Crippen molar-refractivity contribution in [2.45, 2.75) is 26.2 Å². The Morgan fingerprint density at radius 2 is 1.90 bits per heavy atom. The normalized spacial score (nSPS) is 10.2. The van der Waals surface area contributed by atoms with Gasteiger partial charge in [0.05, 0.1) is 13.6 Å². The van der Waals surface area contributed by atoms with Crippen molar-refractivity contribution in [1.82, 2.24) is 5.32 Å². The molecule has 0 fully saturated rings. The third-order valence-corrected chi connectivity index (χ3v) is 1.55. The number of nitrogens with two attached hydrogens (primary N) is 1. The highest BCUT2D eigenvalue weighted by Crippen LogP contribution is 1.81. The van der Waals surface area contributed by atoms with Gasteiger partial charge in [0.1, 0.15) is 0 Å². The number of hydrogen-bond acceptors (Lipinski definition) is 1. The van der Waals surface area contributed by atoms with Crippen LogP contribution in [0, 0.1) is 0 Å². The molecule has 0 heterocycles. The van der Waals surface area contributed by atoms with Gasteiger partial charge in [-0.15, -0.1) is 0 Å². The van der Waals surface area contributed by atoms with Crippen molar-refractivity contribution >= 4 is 0 Å². The zero-order chi connectivity index (χ0) is 7.66. The SMILES string of the molecule is CCCCNCCC[NH2+]C. The molecule has 0 bridgehead atoms. The lowest BCUT2D eigenvalue weighted by Gasteiger charge is -2.00. The molecule has 0 saturated heterocycles. The summed E-state index contributed by atoms with van der Waals surface area (Å²) in [5, 5.41) is 5.62. The van der Waals surface area contributed by atoms with Gasteiger partial charge in [-0.25, -0.2) is 0 Å². The first-order chi connectivity index (χ1) is 4.91. The van der Waals surface area contributed by atoms with Crippen molar-refractivity contribution in [2.75, 3.05) is 26.7 Å². The van der Waals surface area contributed by atoms with E-state index in [1.807, 2.05) is 0 Å². The first-order valence-corrected chi connectivity index (χ1v) is 4.40. The average Bonchev–Trinajstić information content (AvgIpc) is 1.97. The first-order valence-electron chi connectivity index (χ1n) is 4.40. The van der Waals surface area contributed by atoms with Gasteiger partial charge in [-0.05, 0) is 13.0 Å². The standard InChI is InChI=1S/C8H20N2/c1-3-4-7-10-8-5-6-9-2/h9-10H,3-8H2,1-2H3/p+1. The van der Waals surface area contributed by atoms with Gasteiger partial charge < -0.3 is 10.6 Å². The van der Waals surface area contributed by atoms with Crippen molar-refractivity contribution in [3.63, 3.8) is 0 Å². The molecule has 0 spiro atoms. The van der Waals surface area contributed by atoms with Gasteiger partial charge in [0, 0.05) is 13.0 Å². The van der Waals surface area contributed by atoms with Crippen LogP contribution in [0.15, 0.2) is 0 Å². The maximum Gasteiger partial charge on any atom is 0.0765 e. The van der Waals surface area contributed by atoms with Gasteiger partial charge in [0.15, 0.2) is 0 Å². The number of quaternary nitrogens is 1. The Hall–Kier alpha value is -0.0800. The highest BCUT2D eigenvalue weighted by Gasteiger charge is 1.86. The molecule has 0 rings (SSSR count). The lowest BCUT2D eigenvalue weighted by molar-refractivity contribution is -0.627. The largest absolute Gasteiger partial charge is 0.349 e. The fourth-order valence-corrected chi connectivity index (χ4v) is 0.858. The third kappa shape index (κ3) is 7.92. The fraction of sp³-hybridized carbons (Fsp3) is 1.00. The molecule has 0 aliphatic rings. The van der Waals surface area contributed by atoms with Crippen LogP contribution in [-0.2, 0) is 0 Å². The maximum atomic E-state index is 3.40. The van der Waals surface area contributed by atoms with Crippen LogP contribution in [0.1, 0.15) is 26.2 Å². The first kappa shape index (κ1) is 9.92. The minimum atomic E-state index is 1.18. The maximum absolute atomic E-state index is 3.40. The Morgan fingerprint density at radius 1 is 1.20 bits per heavy atom. The Balaban J connectivity index is 2.65. The number of hydrogen-bond donors (Lipinski definition) is 2. The van der Waals surface area contributed by atoms with Gasteiger partial charge in [0.2, 0.25) is 0 Å². The van der Waals surface area contributed by atoms with Crippen LogP contribution in [-0.4, -0.2) is 26.7 Å². The van der Waals surface area contributed by atoms with E-state index in [-0.39, 0.29) is 0 Å². The molecule has 0 aromatic carbocycles. The van der Waals surface area contributed by atoms with E-state index >= 15 is 0 Å². The number of nitrogens with one attached hydrogen (secondary N) is 1. The molecule has 3 N–H and O–H groups in total. The van der Waals surface area contributed by atoms with E-state index in [9.17, 15) is 0 Å². The molecule has 0 aromatic rings. The molecule has 0 aliphatic carbocycles. The van der Waals surface area contributed by atoms with E-state index in [0.717, 1.165) is 0 Å². The summed E-state index contributed by atoms with van der Waals surface area (Å²) in [6.07, 6.45) is 3.91. The van der Waals surface area contributed by atoms with Gasteiger partial charge in [-0.1, -0.05) is 13.3 Å². The van der Waals surface area contributed by atoms with Crippen LogP contribution in [0.25, 0.3) is 0 Å².